The van der Waals surface area contributed by atoms with E-state index < -0.39 is 4.92 Å². The number of hydrogen-bond donors (Lipinski definition) is 1. The second-order valence-electron chi connectivity index (χ2n) is 4.39. The molecule has 0 heterocycles. The normalized spacial score (nSPS) is 11.5. The van der Waals surface area contributed by atoms with Gasteiger partial charge in [0.1, 0.15) is 6.10 Å². The van der Waals surface area contributed by atoms with Gasteiger partial charge in [0.05, 0.1) is 4.92 Å². The van der Waals surface area contributed by atoms with Crippen molar-refractivity contribution in [1.82, 2.24) is 0 Å². The summed E-state index contributed by atoms with van der Waals surface area (Å²) < 4.78 is 5.57. The first-order valence-electron chi connectivity index (χ1n) is 6.33. The number of nitrogens with one attached hydrogen (secondary N) is 1. The van der Waals surface area contributed by atoms with Crippen LogP contribution in [0.3, 0.4) is 0 Å². The molecule has 1 N–H and O–H groups in total. The number of ether oxygens (including phenoxy) is 1. The summed E-state index contributed by atoms with van der Waals surface area (Å²) in [5.41, 5.74) is 1.56. The summed E-state index contributed by atoms with van der Waals surface area (Å²) in [4.78, 5) is 10.3. The van der Waals surface area contributed by atoms with Crippen LogP contribution in [0.4, 0.5) is 11.4 Å². The summed E-state index contributed by atoms with van der Waals surface area (Å²) in [6.07, 6.45) is -0.381. The molecule has 0 unspecified atom stereocenters. The zero-order valence-corrected chi connectivity index (χ0v) is 12.2. The molecule has 2 aromatic carbocycles. The van der Waals surface area contributed by atoms with Gasteiger partial charge in [0.2, 0.25) is 0 Å². The lowest BCUT2D eigenvalue weighted by Gasteiger charge is -2.16. The van der Waals surface area contributed by atoms with Gasteiger partial charge in [-0.25, -0.2) is 0 Å². The third-order valence-electron chi connectivity index (χ3n) is 2.85. The van der Waals surface area contributed by atoms with Gasteiger partial charge in [0, 0.05) is 17.8 Å². The van der Waals surface area contributed by atoms with Crippen molar-refractivity contribution in [2.45, 2.75) is 13.0 Å². The lowest BCUT2D eigenvalue weighted by Crippen LogP contribution is -2.15. The van der Waals surface area contributed by atoms with Gasteiger partial charge >= 0.3 is 0 Å². The van der Waals surface area contributed by atoms with Crippen LogP contribution < -0.4 is 5.32 Å². The number of rotatable bonds is 4. The Morgan fingerprint density at radius 3 is 2.62 bits per heavy atom. The first-order chi connectivity index (χ1) is 10.1. The number of nitro benzene ring substituents is 1. The number of non-ortho nitro benzene ring substituents is 1. The van der Waals surface area contributed by atoms with Crippen LogP contribution in [0, 0.1) is 10.1 Å². The lowest BCUT2D eigenvalue weighted by atomic mass is 10.1. The number of hydrogen-bond acceptors (Lipinski definition) is 4. The van der Waals surface area contributed by atoms with Crippen LogP contribution in [0.1, 0.15) is 18.6 Å². The van der Waals surface area contributed by atoms with E-state index in [4.69, 9.17) is 17.0 Å². The molecule has 5 nitrogen and oxygen atoms in total. The van der Waals surface area contributed by atoms with Crippen LogP contribution in [0.5, 0.6) is 0 Å². The van der Waals surface area contributed by atoms with Crippen LogP contribution in [0.2, 0.25) is 0 Å². The summed E-state index contributed by atoms with van der Waals surface area (Å²) in [6.45, 7) is 1.79. The van der Waals surface area contributed by atoms with E-state index in [-0.39, 0.29) is 17.0 Å². The van der Waals surface area contributed by atoms with Crippen molar-refractivity contribution in [3.05, 3.63) is 70.3 Å². The second kappa shape index (κ2) is 6.81. The Morgan fingerprint density at radius 1 is 1.24 bits per heavy atom. The zero-order valence-electron chi connectivity index (χ0n) is 11.4. The van der Waals surface area contributed by atoms with E-state index in [0.717, 1.165) is 5.69 Å². The average Bonchev–Trinajstić information content (AvgIpc) is 2.48. The van der Waals surface area contributed by atoms with Crippen molar-refractivity contribution < 1.29 is 9.66 Å². The molecular weight excluding hydrogens is 288 g/mol. The number of nitro groups is 1. The fraction of sp³-hybridized carbons (Fsp3) is 0.133. The third-order valence-corrected chi connectivity index (χ3v) is 3.05. The van der Waals surface area contributed by atoms with E-state index >= 15 is 0 Å². The molecule has 0 amide bonds. The van der Waals surface area contributed by atoms with Gasteiger partial charge in [-0.1, -0.05) is 30.3 Å². The molecule has 0 fully saturated rings. The molecule has 2 aromatic rings. The predicted octanol–water partition coefficient (Wildman–Crippen LogP) is 4.07. The highest BCUT2D eigenvalue weighted by Gasteiger charge is 2.13. The molecule has 0 aliphatic carbocycles. The van der Waals surface area contributed by atoms with Crippen molar-refractivity contribution in [3.63, 3.8) is 0 Å². The topological polar surface area (TPSA) is 64.4 Å². The molecule has 0 aliphatic heterocycles. The molecule has 1 atom stereocenters. The molecule has 0 radical (unpaired) electrons. The maximum atomic E-state index is 10.8. The monoisotopic (exact) mass is 302 g/mol. The number of benzene rings is 2. The quantitative estimate of drug-likeness (QED) is 0.524. The van der Waals surface area contributed by atoms with E-state index in [9.17, 15) is 10.1 Å². The summed E-state index contributed by atoms with van der Waals surface area (Å²) in [5, 5.41) is 13.9. The first-order valence-corrected chi connectivity index (χ1v) is 6.74. The molecule has 108 valence electrons. The number of nitrogens with zero attached hydrogens (tertiary/aromatic N) is 1. The summed E-state index contributed by atoms with van der Waals surface area (Å²) in [7, 11) is 0. The highest BCUT2D eigenvalue weighted by atomic mass is 32.1. The zero-order chi connectivity index (χ0) is 15.2. The fourth-order valence-corrected chi connectivity index (χ4v) is 2.05. The minimum absolute atomic E-state index is 0.0323. The summed E-state index contributed by atoms with van der Waals surface area (Å²) in [5.74, 6) is 0. The Bertz CT molecular complexity index is 646. The maximum Gasteiger partial charge on any atom is 0.269 e. The number of thiocarbonyl (C=S) groups is 1. The minimum Gasteiger partial charge on any atom is -0.463 e. The van der Waals surface area contributed by atoms with Crippen molar-refractivity contribution in [1.29, 1.82) is 0 Å². The van der Waals surface area contributed by atoms with Crippen molar-refractivity contribution >= 4 is 28.8 Å². The second-order valence-corrected chi connectivity index (χ2v) is 4.76. The standard InChI is InChI=1S/C15H14N2O3S/c1-11(12-6-5-9-14(10-12)17(18)19)20-15(21)16-13-7-3-2-4-8-13/h2-11H,1H3,(H,16,21)/t11-/m0/s1. The van der Waals surface area contributed by atoms with Gasteiger partial charge < -0.3 is 10.1 Å². The van der Waals surface area contributed by atoms with Gasteiger partial charge in [-0.2, -0.15) is 0 Å². The SMILES string of the molecule is C[C@H](OC(=S)Nc1ccccc1)c1cccc([N+](=O)[O-])c1. The van der Waals surface area contributed by atoms with Gasteiger partial charge in [-0.3, -0.25) is 10.1 Å². The van der Waals surface area contributed by atoms with Crippen LogP contribution in [-0.2, 0) is 4.74 Å². The predicted molar refractivity (Wildman–Crippen MR) is 85.3 cm³/mol. The molecular formula is C15H14N2O3S. The Labute approximate surface area is 127 Å². The molecule has 0 aromatic heterocycles. The average molecular weight is 302 g/mol. The Balaban J connectivity index is 2.00. The molecule has 0 spiro atoms. The summed E-state index contributed by atoms with van der Waals surface area (Å²) in [6, 6.07) is 15.7. The number of anilines is 1. The first kappa shape index (κ1) is 14.9. The van der Waals surface area contributed by atoms with Gasteiger partial charge in [0.15, 0.2) is 0 Å². The van der Waals surface area contributed by atoms with Crippen LogP contribution in [-0.4, -0.2) is 10.1 Å². The van der Waals surface area contributed by atoms with Crippen molar-refractivity contribution in [3.8, 4) is 0 Å². The molecule has 0 saturated heterocycles. The maximum absolute atomic E-state index is 10.8. The van der Waals surface area contributed by atoms with E-state index in [0.29, 0.717) is 5.56 Å². The highest BCUT2D eigenvalue weighted by molar-refractivity contribution is 7.80. The van der Waals surface area contributed by atoms with E-state index in [2.05, 4.69) is 5.32 Å². The molecule has 2 rings (SSSR count). The minimum atomic E-state index is -0.434. The summed E-state index contributed by atoms with van der Waals surface area (Å²) >= 11 is 5.13. The Hall–Kier alpha value is -2.47. The highest BCUT2D eigenvalue weighted by Crippen LogP contribution is 2.22. The van der Waals surface area contributed by atoms with Gasteiger partial charge in [-0.05, 0) is 36.8 Å². The lowest BCUT2D eigenvalue weighted by molar-refractivity contribution is -0.385. The fourth-order valence-electron chi connectivity index (χ4n) is 1.79. The van der Waals surface area contributed by atoms with E-state index in [1.165, 1.54) is 12.1 Å². The van der Waals surface area contributed by atoms with Crippen LogP contribution in [0.15, 0.2) is 54.6 Å². The van der Waals surface area contributed by atoms with Gasteiger partial charge in [-0.15, -0.1) is 0 Å². The molecule has 0 bridgehead atoms. The van der Waals surface area contributed by atoms with Gasteiger partial charge in [0.25, 0.3) is 10.9 Å². The number of para-hydroxylation sites is 1. The van der Waals surface area contributed by atoms with Crippen LogP contribution >= 0.6 is 12.2 Å². The molecule has 0 saturated carbocycles. The Kier molecular flexibility index (Phi) is 4.84. The largest absolute Gasteiger partial charge is 0.463 e. The smallest absolute Gasteiger partial charge is 0.269 e. The van der Waals surface area contributed by atoms with E-state index in [1.54, 1.807) is 19.1 Å². The molecule has 21 heavy (non-hydrogen) atoms. The van der Waals surface area contributed by atoms with E-state index in [1.807, 2.05) is 30.3 Å². The van der Waals surface area contributed by atoms with Crippen molar-refractivity contribution in [2.24, 2.45) is 0 Å². The van der Waals surface area contributed by atoms with Crippen LogP contribution in [0.25, 0.3) is 0 Å². The molecule has 6 heteroatoms. The molecule has 0 aliphatic rings. The van der Waals surface area contributed by atoms with Crippen molar-refractivity contribution in [2.75, 3.05) is 5.32 Å². The third kappa shape index (κ3) is 4.25. The Morgan fingerprint density at radius 2 is 1.95 bits per heavy atom.